The lowest BCUT2D eigenvalue weighted by Crippen LogP contribution is -2.13. The second-order valence-corrected chi connectivity index (χ2v) is 3.63. The van der Waals surface area contributed by atoms with Gasteiger partial charge in [0.1, 0.15) is 5.00 Å². The molecule has 0 aliphatic heterocycles. The Morgan fingerprint density at radius 2 is 2.47 bits per heavy atom. The molecule has 0 aliphatic carbocycles. The zero-order valence-electron chi connectivity index (χ0n) is 7.84. The minimum Gasteiger partial charge on any atom is -0.396 e. The molecule has 2 heterocycles. The summed E-state index contributed by atoms with van der Waals surface area (Å²) in [5.74, 6) is -0.362. The van der Waals surface area contributed by atoms with E-state index >= 15 is 0 Å². The Balaban J connectivity index is 2.18. The number of aromatic nitrogens is 4. The fourth-order valence-corrected chi connectivity index (χ4v) is 1.49. The molecule has 8 heteroatoms. The van der Waals surface area contributed by atoms with Gasteiger partial charge in [0.05, 0.1) is 11.9 Å². The highest BCUT2D eigenvalue weighted by Gasteiger charge is 2.14. The number of nitrogens with zero attached hydrogens (tertiary/aromatic N) is 4. The number of carbonyl (C=O) groups is 1. The summed E-state index contributed by atoms with van der Waals surface area (Å²) in [5.41, 5.74) is 6.14. The summed E-state index contributed by atoms with van der Waals surface area (Å²) >= 11 is 1.09. The summed E-state index contributed by atoms with van der Waals surface area (Å²) in [4.78, 5) is 11.6. The van der Waals surface area contributed by atoms with Crippen LogP contribution in [-0.2, 0) is 7.05 Å². The van der Waals surface area contributed by atoms with Crippen LogP contribution in [0.2, 0.25) is 0 Å². The zero-order valence-corrected chi connectivity index (χ0v) is 8.65. The maximum absolute atomic E-state index is 11.6. The van der Waals surface area contributed by atoms with Crippen LogP contribution in [0.5, 0.6) is 0 Å². The molecule has 7 nitrogen and oxygen atoms in total. The summed E-state index contributed by atoms with van der Waals surface area (Å²) in [6.45, 7) is 0. The van der Waals surface area contributed by atoms with Crippen LogP contribution in [0.1, 0.15) is 10.5 Å². The van der Waals surface area contributed by atoms with E-state index in [2.05, 4.69) is 20.0 Å². The third-order valence-electron chi connectivity index (χ3n) is 1.67. The predicted molar refractivity (Wildman–Crippen MR) is 55.5 cm³/mol. The van der Waals surface area contributed by atoms with Crippen molar-refractivity contribution < 1.29 is 4.79 Å². The molecule has 0 unspecified atom stereocenters. The van der Waals surface area contributed by atoms with Gasteiger partial charge in [-0.3, -0.25) is 9.48 Å². The van der Waals surface area contributed by atoms with E-state index in [0.717, 1.165) is 11.5 Å². The van der Waals surface area contributed by atoms with E-state index in [1.807, 2.05) is 0 Å². The Bertz CT molecular complexity index is 476. The Kier molecular flexibility index (Phi) is 2.34. The molecule has 0 aromatic carbocycles. The van der Waals surface area contributed by atoms with Gasteiger partial charge >= 0.3 is 0 Å². The molecule has 0 saturated heterocycles. The molecule has 15 heavy (non-hydrogen) atoms. The molecule has 0 fully saturated rings. The van der Waals surface area contributed by atoms with E-state index in [4.69, 9.17) is 5.73 Å². The SMILES string of the molecule is Cn1cc(N)c(C(=O)Nc2cnns2)n1. The van der Waals surface area contributed by atoms with E-state index < -0.39 is 0 Å². The normalized spacial score (nSPS) is 10.2. The maximum atomic E-state index is 11.6. The Hall–Kier alpha value is -1.96. The summed E-state index contributed by atoms with van der Waals surface area (Å²) in [6, 6.07) is 0. The van der Waals surface area contributed by atoms with Gasteiger partial charge in [-0.2, -0.15) is 5.10 Å². The van der Waals surface area contributed by atoms with Gasteiger partial charge in [0.15, 0.2) is 5.69 Å². The average molecular weight is 224 g/mol. The lowest BCUT2D eigenvalue weighted by molar-refractivity contribution is 0.102. The number of nitrogens with two attached hydrogens (primary N) is 1. The van der Waals surface area contributed by atoms with Gasteiger partial charge in [-0.1, -0.05) is 4.49 Å². The fraction of sp³-hybridized carbons (Fsp3) is 0.143. The molecule has 0 saturated carbocycles. The van der Waals surface area contributed by atoms with E-state index in [0.29, 0.717) is 10.7 Å². The number of aryl methyl sites for hydroxylation is 1. The minimum atomic E-state index is -0.362. The van der Waals surface area contributed by atoms with Crippen molar-refractivity contribution in [3.05, 3.63) is 18.1 Å². The number of hydrogen-bond acceptors (Lipinski definition) is 6. The van der Waals surface area contributed by atoms with Gasteiger partial charge in [-0.25, -0.2) is 0 Å². The van der Waals surface area contributed by atoms with Gasteiger partial charge in [0.25, 0.3) is 5.91 Å². The molecule has 1 amide bonds. The summed E-state index contributed by atoms with van der Waals surface area (Å²) in [7, 11) is 1.70. The van der Waals surface area contributed by atoms with Crippen molar-refractivity contribution in [1.29, 1.82) is 0 Å². The highest BCUT2D eigenvalue weighted by atomic mass is 32.1. The summed E-state index contributed by atoms with van der Waals surface area (Å²) < 4.78 is 5.10. The molecule has 2 aromatic heterocycles. The van der Waals surface area contributed by atoms with Gasteiger partial charge in [-0.15, -0.1) is 5.10 Å². The Morgan fingerprint density at radius 1 is 1.67 bits per heavy atom. The van der Waals surface area contributed by atoms with E-state index in [9.17, 15) is 4.79 Å². The topological polar surface area (TPSA) is 98.7 Å². The van der Waals surface area contributed by atoms with Crippen molar-refractivity contribution in [2.24, 2.45) is 7.05 Å². The first-order valence-corrected chi connectivity index (χ1v) is 4.82. The molecular formula is C7H8N6OS. The summed E-state index contributed by atoms with van der Waals surface area (Å²) in [6.07, 6.45) is 3.03. The molecule has 2 aromatic rings. The standard InChI is InChI=1S/C7H8N6OS/c1-13-3-4(8)6(11-13)7(14)10-5-2-9-12-15-5/h2-3H,8H2,1H3,(H,10,14). The number of anilines is 2. The van der Waals surface area contributed by atoms with Crippen molar-refractivity contribution in [2.45, 2.75) is 0 Å². The highest BCUT2D eigenvalue weighted by molar-refractivity contribution is 7.10. The molecule has 0 aliphatic rings. The Labute approximate surface area is 89.1 Å². The van der Waals surface area contributed by atoms with E-state index in [-0.39, 0.29) is 11.6 Å². The number of hydrogen-bond donors (Lipinski definition) is 2. The quantitative estimate of drug-likeness (QED) is 0.754. The van der Waals surface area contributed by atoms with Gasteiger partial charge in [-0.05, 0) is 0 Å². The number of amides is 1. The van der Waals surface area contributed by atoms with Crippen LogP contribution < -0.4 is 11.1 Å². The third-order valence-corrected chi connectivity index (χ3v) is 2.25. The Morgan fingerprint density at radius 3 is 3.00 bits per heavy atom. The molecule has 0 bridgehead atoms. The minimum absolute atomic E-state index is 0.200. The third kappa shape index (κ3) is 1.94. The summed E-state index contributed by atoms with van der Waals surface area (Å²) in [5, 5.41) is 10.7. The smallest absolute Gasteiger partial charge is 0.279 e. The van der Waals surface area contributed by atoms with Gasteiger partial charge in [0, 0.05) is 24.8 Å². The maximum Gasteiger partial charge on any atom is 0.279 e. The molecule has 78 valence electrons. The van der Waals surface area contributed by atoms with Gasteiger partial charge < -0.3 is 11.1 Å². The first-order chi connectivity index (χ1) is 7.16. The largest absolute Gasteiger partial charge is 0.396 e. The van der Waals surface area contributed by atoms with Crippen molar-refractivity contribution in [3.8, 4) is 0 Å². The average Bonchev–Trinajstić information content (AvgIpc) is 2.75. The highest BCUT2D eigenvalue weighted by Crippen LogP contribution is 2.13. The van der Waals surface area contributed by atoms with E-state index in [1.165, 1.54) is 10.9 Å². The van der Waals surface area contributed by atoms with E-state index in [1.54, 1.807) is 13.2 Å². The lowest BCUT2D eigenvalue weighted by Gasteiger charge is -1.97. The monoisotopic (exact) mass is 224 g/mol. The molecule has 0 atom stereocenters. The van der Waals surface area contributed by atoms with Crippen LogP contribution in [0.3, 0.4) is 0 Å². The number of carbonyl (C=O) groups excluding carboxylic acids is 1. The van der Waals surface area contributed by atoms with Crippen molar-refractivity contribution in [2.75, 3.05) is 11.1 Å². The fourth-order valence-electron chi connectivity index (χ4n) is 1.08. The van der Waals surface area contributed by atoms with Gasteiger partial charge in [0.2, 0.25) is 0 Å². The van der Waals surface area contributed by atoms with Crippen LogP contribution in [0.4, 0.5) is 10.7 Å². The first kappa shape index (κ1) is 9.59. The molecule has 3 N–H and O–H groups in total. The zero-order chi connectivity index (χ0) is 10.8. The number of rotatable bonds is 2. The van der Waals surface area contributed by atoms with Crippen molar-refractivity contribution in [3.63, 3.8) is 0 Å². The molecule has 0 spiro atoms. The second kappa shape index (κ2) is 3.65. The van der Waals surface area contributed by atoms with Crippen LogP contribution in [0.15, 0.2) is 12.4 Å². The number of nitrogens with one attached hydrogen (secondary N) is 1. The van der Waals surface area contributed by atoms with Crippen LogP contribution >= 0.6 is 11.5 Å². The molecule has 2 rings (SSSR count). The first-order valence-electron chi connectivity index (χ1n) is 4.04. The van der Waals surface area contributed by atoms with Crippen molar-refractivity contribution in [1.82, 2.24) is 19.4 Å². The van der Waals surface area contributed by atoms with Crippen molar-refractivity contribution >= 4 is 28.1 Å². The predicted octanol–water partition coefficient (Wildman–Crippen LogP) is 0.106. The van der Waals surface area contributed by atoms with Crippen LogP contribution in [-0.4, -0.2) is 25.3 Å². The second-order valence-electron chi connectivity index (χ2n) is 2.84. The van der Waals surface area contributed by atoms with Crippen LogP contribution in [0, 0.1) is 0 Å². The molecule has 0 radical (unpaired) electrons. The van der Waals surface area contributed by atoms with Crippen LogP contribution in [0.25, 0.3) is 0 Å². The molecular weight excluding hydrogens is 216 g/mol. The number of nitrogen functional groups attached to an aromatic ring is 1. The lowest BCUT2D eigenvalue weighted by atomic mass is 10.3.